The third-order valence-corrected chi connectivity index (χ3v) is 3.48. The number of hydrogen-bond acceptors (Lipinski definition) is 7. The highest BCUT2D eigenvalue weighted by Crippen LogP contribution is 2.20. The molecule has 1 aromatic heterocycles. The average Bonchev–Trinajstić information content (AvgIpc) is 2.96. The molecule has 2 rings (SSSR count). The van der Waals surface area contributed by atoms with Crippen LogP contribution in [-0.4, -0.2) is 63.6 Å². The van der Waals surface area contributed by atoms with E-state index in [0.29, 0.717) is 5.76 Å². The van der Waals surface area contributed by atoms with Gasteiger partial charge in [-0.25, -0.2) is 0 Å². The van der Waals surface area contributed by atoms with Crippen LogP contribution in [0.15, 0.2) is 16.5 Å². The van der Waals surface area contributed by atoms with Gasteiger partial charge in [-0.1, -0.05) is 0 Å². The first-order chi connectivity index (χ1) is 9.97. The van der Waals surface area contributed by atoms with E-state index in [1.165, 1.54) is 12.1 Å². The van der Waals surface area contributed by atoms with E-state index in [1.807, 2.05) is 0 Å². The molecule has 1 amide bonds. The molecular formula is C12H16ClNO7. The molecule has 0 saturated carbocycles. The van der Waals surface area contributed by atoms with E-state index in [1.54, 1.807) is 0 Å². The highest BCUT2D eigenvalue weighted by molar-refractivity contribution is 6.16. The minimum atomic E-state index is -1.58. The minimum absolute atomic E-state index is 0.0520. The largest absolute Gasteiger partial charge is 0.455 e. The van der Waals surface area contributed by atoms with Gasteiger partial charge in [-0.15, -0.1) is 11.6 Å². The zero-order valence-electron chi connectivity index (χ0n) is 10.8. The SMILES string of the molecule is O=C(NC1C(O)O[C@@H](CO)C(O)[C@H]1O)c1ccc(CCl)o1. The molecule has 1 fully saturated rings. The first-order valence-corrected chi connectivity index (χ1v) is 6.77. The summed E-state index contributed by atoms with van der Waals surface area (Å²) in [5.41, 5.74) is 0. The Labute approximate surface area is 124 Å². The number of furan rings is 1. The quantitative estimate of drug-likeness (QED) is 0.428. The maximum Gasteiger partial charge on any atom is 0.287 e. The van der Waals surface area contributed by atoms with Crippen LogP contribution in [0.1, 0.15) is 16.3 Å². The van der Waals surface area contributed by atoms with Crippen molar-refractivity contribution >= 4 is 17.5 Å². The number of rotatable bonds is 4. The lowest BCUT2D eigenvalue weighted by molar-refractivity contribution is -0.252. The van der Waals surface area contributed by atoms with E-state index >= 15 is 0 Å². The molecule has 8 nitrogen and oxygen atoms in total. The van der Waals surface area contributed by atoms with E-state index in [-0.39, 0.29) is 11.6 Å². The summed E-state index contributed by atoms with van der Waals surface area (Å²) in [5.74, 6) is -0.262. The molecule has 1 aromatic rings. The Bertz CT molecular complexity index is 494. The van der Waals surface area contributed by atoms with Crippen LogP contribution in [0.5, 0.6) is 0 Å². The van der Waals surface area contributed by atoms with Gasteiger partial charge in [0.25, 0.3) is 5.91 Å². The molecular weight excluding hydrogens is 306 g/mol. The van der Waals surface area contributed by atoms with Crippen molar-refractivity contribution in [1.29, 1.82) is 0 Å². The summed E-state index contributed by atoms with van der Waals surface area (Å²) in [4.78, 5) is 11.9. The average molecular weight is 322 g/mol. The van der Waals surface area contributed by atoms with Crippen LogP contribution in [0, 0.1) is 0 Å². The fraction of sp³-hybridized carbons (Fsp3) is 0.583. The normalized spacial score (nSPS) is 32.9. The monoisotopic (exact) mass is 321 g/mol. The number of hydrogen-bond donors (Lipinski definition) is 5. The van der Waals surface area contributed by atoms with Crippen LogP contribution >= 0.6 is 11.6 Å². The molecule has 5 N–H and O–H groups in total. The fourth-order valence-electron chi connectivity index (χ4n) is 2.05. The second-order valence-corrected chi connectivity index (χ2v) is 4.89. The van der Waals surface area contributed by atoms with Gasteiger partial charge in [-0.05, 0) is 12.1 Å². The molecule has 1 aliphatic heterocycles. The number of alkyl halides is 1. The Kier molecular flexibility index (Phi) is 5.20. The number of aliphatic hydroxyl groups excluding tert-OH is 4. The zero-order chi connectivity index (χ0) is 15.6. The Hall–Kier alpha value is -1.16. The van der Waals surface area contributed by atoms with E-state index in [9.17, 15) is 20.1 Å². The molecule has 0 spiro atoms. The number of carbonyl (C=O) groups is 1. The van der Waals surface area contributed by atoms with Gasteiger partial charge in [0.1, 0.15) is 30.1 Å². The van der Waals surface area contributed by atoms with Gasteiger partial charge in [0.2, 0.25) is 0 Å². The van der Waals surface area contributed by atoms with Crippen molar-refractivity contribution in [2.24, 2.45) is 0 Å². The van der Waals surface area contributed by atoms with Crippen LogP contribution < -0.4 is 5.32 Å². The molecule has 118 valence electrons. The molecule has 21 heavy (non-hydrogen) atoms. The predicted octanol–water partition coefficient (Wildman–Crippen LogP) is -1.45. The molecule has 0 radical (unpaired) electrons. The van der Waals surface area contributed by atoms with E-state index < -0.39 is 43.2 Å². The Morgan fingerprint density at radius 1 is 1.29 bits per heavy atom. The molecule has 1 aliphatic rings. The zero-order valence-corrected chi connectivity index (χ0v) is 11.6. The number of ether oxygens (including phenoxy) is 1. The number of nitrogens with one attached hydrogen (secondary N) is 1. The van der Waals surface area contributed by atoms with Crippen LogP contribution in [0.4, 0.5) is 0 Å². The molecule has 3 unspecified atom stereocenters. The lowest BCUT2D eigenvalue weighted by Gasteiger charge is -2.40. The van der Waals surface area contributed by atoms with Crippen molar-refractivity contribution in [1.82, 2.24) is 5.32 Å². The highest BCUT2D eigenvalue weighted by Gasteiger charge is 2.44. The maximum absolute atomic E-state index is 11.9. The molecule has 0 bridgehead atoms. The standard InChI is InChI=1S/C12H16ClNO7/c13-3-5-1-2-6(20-5)11(18)14-8-10(17)9(16)7(4-15)21-12(8)19/h1-2,7-10,12,15-17,19H,3-4H2,(H,14,18)/t7-,8?,9?,10-,12?/m0/s1. The van der Waals surface area contributed by atoms with Gasteiger partial charge in [0.05, 0.1) is 12.5 Å². The van der Waals surface area contributed by atoms with Crippen molar-refractivity contribution in [3.63, 3.8) is 0 Å². The van der Waals surface area contributed by atoms with Gasteiger partial charge in [0, 0.05) is 0 Å². The maximum atomic E-state index is 11.9. The molecule has 1 saturated heterocycles. The lowest BCUT2D eigenvalue weighted by Crippen LogP contribution is -2.64. The smallest absolute Gasteiger partial charge is 0.287 e. The first-order valence-electron chi connectivity index (χ1n) is 6.24. The summed E-state index contributed by atoms with van der Waals surface area (Å²) in [5, 5.41) is 40.6. The van der Waals surface area contributed by atoms with Crippen LogP contribution in [0.25, 0.3) is 0 Å². The Morgan fingerprint density at radius 3 is 2.57 bits per heavy atom. The third kappa shape index (κ3) is 3.37. The summed E-state index contributed by atoms with van der Waals surface area (Å²) >= 11 is 5.55. The number of halogens is 1. The van der Waals surface area contributed by atoms with Gasteiger partial charge in [0.15, 0.2) is 12.1 Å². The van der Waals surface area contributed by atoms with Gasteiger partial charge < -0.3 is 34.9 Å². The van der Waals surface area contributed by atoms with Crippen molar-refractivity contribution < 1.29 is 34.4 Å². The summed E-state index contributed by atoms with van der Waals surface area (Å²) in [7, 11) is 0. The van der Waals surface area contributed by atoms with Crippen molar-refractivity contribution in [2.75, 3.05) is 6.61 Å². The third-order valence-electron chi connectivity index (χ3n) is 3.22. The first kappa shape index (κ1) is 16.2. The second-order valence-electron chi connectivity index (χ2n) is 4.63. The van der Waals surface area contributed by atoms with Crippen molar-refractivity contribution in [2.45, 2.75) is 36.5 Å². The predicted molar refractivity (Wildman–Crippen MR) is 69.5 cm³/mol. The van der Waals surface area contributed by atoms with Crippen LogP contribution in [-0.2, 0) is 10.6 Å². The van der Waals surface area contributed by atoms with E-state index in [2.05, 4.69) is 5.32 Å². The van der Waals surface area contributed by atoms with E-state index in [4.69, 9.17) is 25.9 Å². The molecule has 2 heterocycles. The van der Waals surface area contributed by atoms with E-state index in [0.717, 1.165) is 0 Å². The molecule has 0 aromatic carbocycles. The Balaban J connectivity index is 2.05. The van der Waals surface area contributed by atoms with Crippen LogP contribution in [0.3, 0.4) is 0 Å². The Morgan fingerprint density at radius 2 is 2.00 bits per heavy atom. The lowest BCUT2D eigenvalue weighted by atomic mass is 9.97. The van der Waals surface area contributed by atoms with Crippen molar-refractivity contribution in [3.05, 3.63) is 23.7 Å². The molecule has 9 heteroatoms. The number of carbonyl (C=O) groups excluding carboxylic acids is 1. The van der Waals surface area contributed by atoms with Crippen molar-refractivity contribution in [3.8, 4) is 0 Å². The summed E-state index contributed by atoms with van der Waals surface area (Å²) in [6.45, 7) is -0.576. The second kappa shape index (κ2) is 6.73. The molecule has 0 aliphatic carbocycles. The highest BCUT2D eigenvalue weighted by atomic mass is 35.5. The summed E-state index contributed by atoms with van der Waals surface area (Å²) in [6.07, 6.45) is -5.66. The van der Waals surface area contributed by atoms with Crippen LogP contribution in [0.2, 0.25) is 0 Å². The number of aliphatic hydroxyl groups is 4. The number of amides is 1. The minimum Gasteiger partial charge on any atom is -0.455 e. The fourth-order valence-corrected chi connectivity index (χ4v) is 2.19. The van der Waals surface area contributed by atoms with Gasteiger partial charge in [-0.3, -0.25) is 4.79 Å². The topological polar surface area (TPSA) is 132 Å². The molecule has 5 atom stereocenters. The summed E-state index contributed by atoms with van der Waals surface area (Å²) < 4.78 is 10.0. The van der Waals surface area contributed by atoms with Gasteiger partial charge in [-0.2, -0.15) is 0 Å². The summed E-state index contributed by atoms with van der Waals surface area (Å²) in [6, 6.07) is 1.64. The van der Waals surface area contributed by atoms with Gasteiger partial charge >= 0.3 is 0 Å².